The van der Waals surface area contributed by atoms with Crippen LogP contribution < -0.4 is 0 Å². The molecule has 0 radical (unpaired) electrons. The number of fused-ring (bicyclic) bond motifs is 1. The normalized spacial score (nSPS) is 22.0. The smallest absolute Gasteiger partial charge is 0.162 e. The molecular weight excluding hydrogens is 312 g/mol. The molecule has 23 heavy (non-hydrogen) atoms. The van der Waals surface area contributed by atoms with E-state index in [2.05, 4.69) is 31.8 Å². The topological polar surface area (TPSA) is 43.2 Å². The van der Waals surface area contributed by atoms with Crippen LogP contribution in [0.5, 0.6) is 0 Å². The van der Waals surface area contributed by atoms with Crippen molar-refractivity contribution >= 4 is 11.6 Å². The van der Waals surface area contributed by atoms with Crippen molar-refractivity contribution in [2.45, 2.75) is 38.5 Å². The lowest BCUT2D eigenvalue weighted by Gasteiger charge is -2.20. The van der Waals surface area contributed by atoms with E-state index in [0.29, 0.717) is 0 Å². The zero-order valence-electron chi connectivity index (χ0n) is 13.1. The van der Waals surface area contributed by atoms with Crippen LogP contribution in [0.2, 0.25) is 5.02 Å². The van der Waals surface area contributed by atoms with Crippen molar-refractivity contribution in [1.82, 2.24) is 19.7 Å². The Balaban J connectivity index is 1.45. The van der Waals surface area contributed by atoms with Crippen molar-refractivity contribution in [3.05, 3.63) is 46.5 Å². The summed E-state index contributed by atoms with van der Waals surface area (Å²) in [5.74, 6) is 2.11. The number of hydrogen-bond acceptors (Lipinski definition) is 4. The van der Waals surface area contributed by atoms with E-state index in [1.807, 2.05) is 12.1 Å². The monoisotopic (exact) mass is 332 g/mol. The maximum absolute atomic E-state index is 5.96. The number of rotatable bonds is 3. The highest BCUT2D eigenvalue weighted by Crippen LogP contribution is 2.28. The third-order valence-corrected chi connectivity index (χ3v) is 4.94. The zero-order valence-corrected chi connectivity index (χ0v) is 13.9. The first-order chi connectivity index (χ1) is 11.3. The molecule has 6 heteroatoms. The van der Waals surface area contributed by atoms with Crippen LogP contribution in [0.1, 0.15) is 36.2 Å². The van der Waals surface area contributed by atoms with Crippen molar-refractivity contribution in [1.29, 1.82) is 0 Å². The van der Waals surface area contributed by atoms with Gasteiger partial charge in [-0.25, -0.2) is 0 Å². The number of benzene rings is 1. The maximum atomic E-state index is 5.96. The van der Waals surface area contributed by atoms with Crippen LogP contribution >= 0.6 is 11.6 Å². The van der Waals surface area contributed by atoms with E-state index in [1.54, 1.807) is 0 Å². The predicted octanol–water partition coefficient (Wildman–Crippen LogP) is 2.84. The number of ether oxygens (including phenoxy) is 1. The summed E-state index contributed by atoms with van der Waals surface area (Å²) in [6, 6.07) is 8.12. The van der Waals surface area contributed by atoms with Gasteiger partial charge in [0.25, 0.3) is 0 Å². The van der Waals surface area contributed by atoms with Gasteiger partial charge in [-0.15, -0.1) is 10.2 Å². The van der Waals surface area contributed by atoms with Crippen LogP contribution in [0, 0.1) is 0 Å². The highest BCUT2D eigenvalue weighted by molar-refractivity contribution is 6.30. The molecule has 1 aromatic carbocycles. The second-order valence-corrected chi connectivity index (χ2v) is 6.72. The van der Waals surface area contributed by atoms with E-state index >= 15 is 0 Å². The fourth-order valence-electron chi connectivity index (χ4n) is 3.41. The van der Waals surface area contributed by atoms with Crippen molar-refractivity contribution in [2.24, 2.45) is 0 Å². The van der Waals surface area contributed by atoms with Crippen LogP contribution in [0.3, 0.4) is 0 Å². The molecule has 0 saturated carbocycles. The van der Waals surface area contributed by atoms with Gasteiger partial charge < -0.3 is 9.30 Å². The van der Waals surface area contributed by atoms with Crippen LogP contribution in [0.15, 0.2) is 24.3 Å². The minimum atomic E-state index is 0.138. The molecule has 1 saturated heterocycles. The molecule has 0 spiro atoms. The number of aromatic nitrogens is 3. The highest BCUT2D eigenvalue weighted by atomic mass is 35.5. The van der Waals surface area contributed by atoms with Gasteiger partial charge in [0.1, 0.15) is 11.9 Å². The van der Waals surface area contributed by atoms with Gasteiger partial charge >= 0.3 is 0 Å². The molecular formula is C17H21ClN4O. The Bertz CT molecular complexity index is 664. The average Bonchev–Trinajstić information content (AvgIpc) is 3.17. The first-order valence-electron chi connectivity index (χ1n) is 8.30. The highest BCUT2D eigenvalue weighted by Gasteiger charge is 2.26. The third-order valence-electron chi connectivity index (χ3n) is 4.68. The molecule has 0 amide bonds. The lowest BCUT2D eigenvalue weighted by molar-refractivity contribution is 0.101. The van der Waals surface area contributed by atoms with Crippen LogP contribution in [-0.4, -0.2) is 39.4 Å². The van der Waals surface area contributed by atoms with E-state index in [9.17, 15) is 0 Å². The number of halogens is 1. The molecule has 0 unspecified atom stereocenters. The summed E-state index contributed by atoms with van der Waals surface area (Å²) in [6.07, 6.45) is 3.26. The number of hydrogen-bond donors (Lipinski definition) is 0. The minimum absolute atomic E-state index is 0.138. The zero-order chi connectivity index (χ0) is 15.6. The minimum Gasteiger partial charge on any atom is -0.370 e. The molecule has 3 heterocycles. The van der Waals surface area contributed by atoms with Gasteiger partial charge in [0.2, 0.25) is 0 Å². The molecule has 2 aliphatic heterocycles. The Morgan fingerprint density at radius 1 is 1.13 bits per heavy atom. The molecule has 1 fully saturated rings. The predicted molar refractivity (Wildman–Crippen MR) is 88.4 cm³/mol. The first kappa shape index (κ1) is 15.1. The van der Waals surface area contributed by atoms with Crippen molar-refractivity contribution < 1.29 is 4.74 Å². The summed E-state index contributed by atoms with van der Waals surface area (Å²) in [7, 11) is 0. The van der Waals surface area contributed by atoms with E-state index in [-0.39, 0.29) is 6.10 Å². The molecule has 1 aromatic heterocycles. The van der Waals surface area contributed by atoms with Gasteiger partial charge in [-0.1, -0.05) is 23.7 Å². The molecule has 5 nitrogen and oxygen atoms in total. The van der Waals surface area contributed by atoms with Gasteiger partial charge in [-0.2, -0.15) is 0 Å². The molecule has 2 aromatic rings. The van der Waals surface area contributed by atoms with E-state index in [1.165, 1.54) is 5.56 Å². The Kier molecular flexibility index (Phi) is 4.33. The summed E-state index contributed by atoms with van der Waals surface area (Å²) >= 11 is 5.96. The van der Waals surface area contributed by atoms with Gasteiger partial charge in [0.15, 0.2) is 5.82 Å². The van der Waals surface area contributed by atoms with E-state index < -0.39 is 0 Å². The summed E-state index contributed by atoms with van der Waals surface area (Å²) in [5.41, 5.74) is 1.30. The van der Waals surface area contributed by atoms with Gasteiger partial charge in [-0.05, 0) is 30.5 Å². The molecule has 0 N–H and O–H groups in total. The Hall–Kier alpha value is -1.43. The molecule has 1 atom stereocenters. The average molecular weight is 333 g/mol. The second kappa shape index (κ2) is 6.59. The Morgan fingerprint density at radius 2 is 2.00 bits per heavy atom. The first-order valence-corrected chi connectivity index (χ1v) is 8.68. The Labute approximate surface area is 141 Å². The summed E-state index contributed by atoms with van der Waals surface area (Å²) in [5, 5.41) is 9.59. The largest absolute Gasteiger partial charge is 0.370 e. The van der Waals surface area contributed by atoms with Crippen LogP contribution in [-0.2, 0) is 24.2 Å². The fraction of sp³-hybridized carbons (Fsp3) is 0.529. The van der Waals surface area contributed by atoms with Crippen molar-refractivity contribution in [3.63, 3.8) is 0 Å². The molecule has 0 aliphatic carbocycles. The SMILES string of the molecule is Clc1ccc(CN2CCc3nnc([C@H]4CCCO4)n3CC2)cc1. The van der Waals surface area contributed by atoms with Crippen LogP contribution in [0.25, 0.3) is 0 Å². The van der Waals surface area contributed by atoms with Crippen molar-refractivity contribution in [3.8, 4) is 0 Å². The van der Waals surface area contributed by atoms with E-state index in [0.717, 1.165) is 68.7 Å². The van der Waals surface area contributed by atoms with Crippen molar-refractivity contribution in [2.75, 3.05) is 19.7 Å². The lowest BCUT2D eigenvalue weighted by atomic mass is 10.2. The van der Waals surface area contributed by atoms with Gasteiger partial charge in [-0.3, -0.25) is 4.90 Å². The quantitative estimate of drug-likeness (QED) is 0.867. The Morgan fingerprint density at radius 3 is 2.78 bits per heavy atom. The fourth-order valence-corrected chi connectivity index (χ4v) is 3.54. The molecule has 2 aliphatic rings. The van der Waals surface area contributed by atoms with Crippen LogP contribution in [0.4, 0.5) is 0 Å². The molecule has 122 valence electrons. The standard InChI is InChI=1S/C17H21ClN4O/c18-14-5-3-13(4-6-14)12-21-8-7-16-19-20-17(22(16)10-9-21)15-2-1-11-23-15/h3-6,15H,1-2,7-12H2/t15-/m1/s1. The van der Waals surface area contributed by atoms with Gasteiger partial charge in [0.05, 0.1) is 0 Å². The van der Waals surface area contributed by atoms with Gasteiger partial charge in [0, 0.05) is 44.2 Å². The summed E-state index contributed by atoms with van der Waals surface area (Å²) < 4.78 is 8.06. The third kappa shape index (κ3) is 3.27. The maximum Gasteiger partial charge on any atom is 0.162 e. The molecule has 4 rings (SSSR count). The molecule has 0 bridgehead atoms. The number of nitrogens with zero attached hydrogens (tertiary/aromatic N) is 4. The summed E-state index contributed by atoms with van der Waals surface area (Å²) in [6.45, 7) is 4.74. The summed E-state index contributed by atoms with van der Waals surface area (Å²) in [4.78, 5) is 2.47. The lowest BCUT2D eigenvalue weighted by Crippen LogP contribution is -2.26. The van der Waals surface area contributed by atoms with E-state index in [4.69, 9.17) is 16.3 Å². The second-order valence-electron chi connectivity index (χ2n) is 6.28.